The Kier molecular flexibility index (Phi) is 3.09. The highest BCUT2D eigenvalue weighted by Crippen LogP contribution is 2.25. The van der Waals surface area contributed by atoms with E-state index in [-0.39, 0.29) is 0 Å². The zero-order valence-electron chi connectivity index (χ0n) is 10.1. The van der Waals surface area contributed by atoms with Crippen molar-refractivity contribution >= 4 is 0 Å². The second-order valence-electron chi connectivity index (χ2n) is 4.53. The van der Waals surface area contributed by atoms with E-state index in [4.69, 9.17) is 0 Å². The van der Waals surface area contributed by atoms with E-state index in [0.29, 0.717) is 5.92 Å². The lowest BCUT2D eigenvalue weighted by Crippen LogP contribution is -1.90. The van der Waals surface area contributed by atoms with Gasteiger partial charge < -0.3 is 0 Å². The van der Waals surface area contributed by atoms with Crippen LogP contribution in [0.5, 0.6) is 0 Å². The molecule has 2 aromatic carbocycles. The molecule has 0 unspecified atom stereocenters. The fourth-order valence-electron chi connectivity index (χ4n) is 1.85. The van der Waals surface area contributed by atoms with Crippen LogP contribution in [0.15, 0.2) is 42.5 Å². The Balaban J connectivity index is 2.50. The first-order valence-corrected chi connectivity index (χ1v) is 5.76. The molecule has 0 fully saturated rings. The maximum Gasteiger partial charge on any atom is -0.00670 e. The van der Waals surface area contributed by atoms with Gasteiger partial charge in [0.05, 0.1) is 0 Å². The number of rotatable bonds is 2. The lowest BCUT2D eigenvalue weighted by Gasteiger charge is -2.10. The topological polar surface area (TPSA) is 0 Å². The summed E-state index contributed by atoms with van der Waals surface area (Å²) in [6.45, 7) is 6.56. The molecule has 0 saturated heterocycles. The number of benzene rings is 2. The van der Waals surface area contributed by atoms with Gasteiger partial charge in [0.15, 0.2) is 0 Å². The normalized spacial score (nSPS) is 10.8. The fourth-order valence-corrected chi connectivity index (χ4v) is 1.85. The summed E-state index contributed by atoms with van der Waals surface area (Å²) in [5, 5.41) is 0. The van der Waals surface area contributed by atoms with Crippen LogP contribution >= 0.6 is 0 Å². The second-order valence-corrected chi connectivity index (χ2v) is 4.53. The first kappa shape index (κ1) is 10.9. The van der Waals surface area contributed by atoms with E-state index >= 15 is 0 Å². The molecule has 0 aliphatic heterocycles. The van der Waals surface area contributed by atoms with Crippen molar-refractivity contribution < 1.29 is 0 Å². The maximum atomic E-state index is 3.42. The first-order chi connectivity index (χ1) is 7.66. The highest BCUT2D eigenvalue weighted by Gasteiger charge is 2.04. The Morgan fingerprint density at radius 1 is 1.00 bits per heavy atom. The van der Waals surface area contributed by atoms with Crippen molar-refractivity contribution in [2.24, 2.45) is 0 Å². The predicted octanol–water partition coefficient (Wildman–Crippen LogP) is 4.59. The summed E-state index contributed by atoms with van der Waals surface area (Å²) in [5.74, 6) is 0.566. The molecule has 0 nitrogen and oxygen atoms in total. The van der Waals surface area contributed by atoms with E-state index < -0.39 is 0 Å². The minimum Gasteiger partial charge on any atom is -0.0622 e. The van der Waals surface area contributed by atoms with Crippen molar-refractivity contribution in [3.05, 3.63) is 59.7 Å². The van der Waals surface area contributed by atoms with Gasteiger partial charge in [-0.15, -0.1) is 0 Å². The Morgan fingerprint density at radius 3 is 2.31 bits per heavy atom. The number of aryl methyl sites for hydroxylation is 1. The van der Waals surface area contributed by atoms with Crippen molar-refractivity contribution in [1.82, 2.24) is 0 Å². The Hall–Kier alpha value is -1.56. The van der Waals surface area contributed by atoms with Gasteiger partial charge in [0.25, 0.3) is 0 Å². The van der Waals surface area contributed by atoms with Gasteiger partial charge in [-0.2, -0.15) is 0 Å². The van der Waals surface area contributed by atoms with Crippen LogP contribution in [0.25, 0.3) is 11.1 Å². The standard InChI is InChI=1S/C16H17/c1-12(2)15-9-13(3)10-16(11-15)14-7-5-4-6-8-14/h4-9,11-12H,1-3H3. The maximum absolute atomic E-state index is 3.42. The van der Waals surface area contributed by atoms with Gasteiger partial charge >= 0.3 is 0 Å². The molecule has 0 saturated carbocycles. The van der Waals surface area contributed by atoms with Gasteiger partial charge in [-0.05, 0) is 41.2 Å². The minimum absolute atomic E-state index is 0.566. The van der Waals surface area contributed by atoms with E-state index in [9.17, 15) is 0 Å². The van der Waals surface area contributed by atoms with Crippen molar-refractivity contribution in [2.75, 3.05) is 0 Å². The summed E-state index contributed by atoms with van der Waals surface area (Å²) in [5.41, 5.74) is 5.04. The summed E-state index contributed by atoms with van der Waals surface area (Å²) in [6, 6.07) is 18.3. The van der Waals surface area contributed by atoms with E-state index in [1.807, 2.05) is 6.07 Å². The monoisotopic (exact) mass is 209 g/mol. The summed E-state index contributed by atoms with van der Waals surface area (Å²) in [6.07, 6.45) is 0. The fraction of sp³-hybridized carbons (Fsp3) is 0.250. The van der Waals surface area contributed by atoms with Crippen LogP contribution in [0.4, 0.5) is 0 Å². The molecule has 2 aromatic rings. The molecular weight excluding hydrogens is 192 g/mol. The molecule has 0 spiro atoms. The van der Waals surface area contributed by atoms with Crippen LogP contribution in [0, 0.1) is 13.0 Å². The average Bonchev–Trinajstić information content (AvgIpc) is 2.29. The third kappa shape index (κ3) is 2.33. The molecule has 0 N–H and O–H groups in total. The summed E-state index contributed by atoms with van der Waals surface area (Å²) in [4.78, 5) is 0. The van der Waals surface area contributed by atoms with Crippen LogP contribution in [-0.2, 0) is 0 Å². The summed E-state index contributed by atoms with van der Waals surface area (Å²) in [7, 11) is 0. The Labute approximate surface area is 97.9 Å². The van der Waals surface area contributed by atoms with Crippen molar-refractivity contribution in [3.8, 4) is 11.1 Å². The third-order valence-electron chi connectivity index (χ3n) is 2.78. The van der Waals surface area contributed by atoms with E-state index in [2.05, 4.69) is 63.2 Å². The molecule has 0 bridgehead atoms. The van der Waals surface area contributed by atoms with Gasteiger partial charge in [0, 0.05) is 0 Å². The van der Waals surface area contributed by atoms with Crippen LogP contribution in [0.2, 0.25) is 0 Å². The first-order valence-electron chi connectivity index (χ1n) is 5.76. The second kappa shape index (κ2) is 4.52. The summed E-state index contributed by atoms with van der Waals surface area (Å²) < 4.78 is 0. The molecule has 0 heteroatoms. The van der Waals surface area contributed by atoms with E-state index in [1.54, 1.807) is 0 Å². The van der Waals surface area contributed by atoms with E-state index in [0.717, 1.165) is 0 Å². The highest BCUT2D eigenvalue weighted by molar-refractivity contribution is 5.64. The molecular formula is C16H17. The Bertz CT molecular complexity index is 467. The molecule has 0 atom stereocenters. The minimum atomic E-state index is 0.566. The van der Waals surface area contributed by atoms with Gasteiger partial charge in [-0.1, -0.05) is 56.3 Å². The van der Waals surface area contributed by atoms with Crippen LogP contribution in [0.1, 0.15) is 30.9 Å². The molecule has 81 valence electrons. The third-order valence-corrected chi connectivity index (χ3v) is 2.78. The highest BCUT2D eigenvalue weighted by atomic mass is 14.1. The smallest absolute Gasteiger partial charge is 0.00670 e. The molecule has 0 amide bonds. The van der Waals surface area contributed by atoms with Crippen molar-refractivity contribution in [2.45, 2.75) is 26.7 Å². The van der Waals surface area contributed by atoms with Gasteiger partial charge in [-0.3, -0.25) is 0 Å². The van der Waals surface area contributed by atoms with Gasteiger partial charge in [0.1, 0.15) is 0 Å². The van der Waals surface area contributed by atoms with Gasteiger partial charge in [0.2, 0.25) is 0 Å². The quantitative estimate of drug-likeness (QED) is 0.678. The molecule has 0 aliphatic carbocycles. The molecule has 0 aromatic heterocycles. The molecule has 2 rings (SSSR count). The molecule has 0 aliphatic rings. The lowest BCUT2D eigenvalue weighted by atomic mass is 9.95. The Morgan fingerprint density at radius 2 is 1.69 bits per heavy atom. The van der Waals surface area contributed by atoms with Crippen LogP contribution < -0.4 is 0 Å². The zero-order chi connectivity index (χ0) is 11.5. The number of hydrogen-bond donors (Lipinski definition) is 0. The van der Waals surface area contributed by atoms with Crippen LogP contribution in [0.3, 0.4) is 0 Å². The predicted molar refractivity (Wildman–Crippen MR) is 69.5 cm³/mol. The molecule has 1 radical (unpaired) electrons. The summed E-state index contributed by atoms with van der Waals surface area (Å²) >= 11 is 0. The van der Waals surface area contributed by atoms with Crippen LogP contribution in [-0.4, -0.2) is 0 Å². The molecule has 16 heavy (non-hydrogen) atoms. The lowest BCUT2D eigenvalue weighted by molar-refractivity contribution is 0.865. The zero-order valence-corrected chi connectivity index (χ0v) is 10.1. The average molecular weight is 209 g/mol. The van der Waals surface area contributed by atoms with Gasteiger partial charge in [-0.25, -0.2) is 0 Å². The number of hydrogen-bond acceptors (Lipinski definition) is 0. The largest absolute Gasteiger partial charge is 0.0622 e. The molecule has 0 heterocycles. The SMILES string of the molecule is Cc1[c]c(-c2ccccc2)cc(C(C)C)c1. The van der Waals surface area contributed by atoms with E-state index in [1.165, 1.54) is 22.3 Å². The van der Waals surface area contributed by atoms with Crippen molar-refractivity contribution in [3.63, 3.8) is 0 Å². The van der Waals surface area contributed by atoms with Crippen molar-refractivity contribution in [1.29, 1.82) is 0 Å².